The molecular weight excluding hydrogens is 152 g/mol. The van der Waals surface area contributed by atoms with Crippen LogP contribution in [0.25, 0.3) is 0 Å². The van der Waals surface area contributed by atoms with Crippen molar-refractivity contribution >= 4 is 6.34 Å². The molecule has 0 fully saturated rings. The first-order chi connectivity index (χ1) is 5.86. The maximum absolute atomic E-state index is 5.36. The fourth-order valence-electron chi connectivity index (χ4n) is 1.13. The predicted molar refractivity (Wildman–Crippen MR) is 46.5 cm³/mol. The Morgan fingerprint density at radius 1 is 1.33 bits per heavy atom. The van der Waals surface area contributed by atoms with Crippen LogP contribution in [0.1, 0.15) is 11.8 Å². The molecule has 0 bridgehead atoms. The van der Waals surface area contributed by atoms with E-state index in [-0.39, 0.29) is 6.23 Å². The van der Waals surface area contributed by atoms with Gasteiger partial charge in [0.15, 0.2) is 0 Å². The molecule has 1 aromatic carbocycles. The summed E-state index contributed by atoms with van der Waals surface area (Å²) in [5.74, 6) is 0. The van der Waals surface area contributed by atoms with Gasteiger partial charge in [0.25, 0.3) is 0 Å². The molecule has 2 rings (SSSR count). The second-order valence-electron chi connectivity index (χ2n) is 2.68. The van der Waals surface area contributed by atoms with Crippen molar-refractivity contribution < 1.29 is 4.84 Å². The molecular formula is C9H10N2O. The number of rotatable bonds is 1. The van der Waals surface area contributed by atoms with E-state index >= 15 is 0 Å². The van der Waals surface area contributed by atoms with E-state index in [0.717, 1.165) is 5.56 Å². The van der Waals surface area contributed by atoms with Crippen molar-refractivity contribution in [2.24, 2.45) is 4.99 Å². The van der Waals surface area contributed by atoms with E-state index < -0.39 is 0 Å². The minimum Gasteiger partial charge on any atom is -0.244 e. The molecule has 62 valence electrons. The molecule has 0 N–H and O–H groups in total. The SMILES string of the molecule is CN1C=NC(c2ccccc2)O1. The molecule has 12 heavy (non-hydrogen) atoms. The average molecular weight is 162 g/mol. The second-order valence-corrected chi connectivity index (χ2v) is 2.68. The Morgan fingerprint density at radius 2 is 2.08 bits per heavy atom. The third kappa shape index (κ3) is 1.31. The second kappa shape index (κ2) is 2.95. The summed E-state index contributed by atoms with van der Waals surface area (Å²) in [6.45, 7) is 0. The van der Waals surface area contributed by atoms with E-state index in [4.69, 9.17) is 4.84 Å². The summed E-state index contributed by atoms with van der Waals surface area (Å²) in [6, 6.07) is 9.94. The minimum atomic E-state index is -0.156. The highest BCUT2D eigenvalue weighted by atomic mass is 16.7. The molecule has 0 aromatic heterocycles. The topological polar surface area (TPSA) is 24.8 Å². The summed E-state index contributed by atoms with van der Waals surface area (Å²) in [4.78, 5) is 9.52. The van der Waals surface area contributed by atoms with Crippen LogP contribution in [-0.4, -0.2) is 18.4 Å². The van der Waals surface area contributed by atoms with Gasteiger partial charge < -0.3 is 0 Å². The quantitative estimate of drug-likeness (QED) is 0.626. The summed E-state index contributed by atoms with van der Waals surface area (Å²) in [5.41, 5.74) is 1.08. The Bertz CT molecular complexity index is 284. The normalized spacial score (nSPS) is 21.8. The zero-order valence-electron chi connectivity index (χ0n) is 6.84. The van der Waals surface area contributed by atoms with E-state index in [1.54, 1.807) is 11.4 Å². The number of benzene rings is 1. The highest BCUT2D eigenvalue weighted by Crippen LogP contribution is 2.22. The van der Waals surface area contributed by atoms with Crippen LogP contribution in [0.15, 0.2) is 35.3 Å². The maximum Gasteiger partial charge on any atom is 0.202 e. The third-order valence-corrected chi connectivity index (χ3v) is 1.72. The summed E-state index contributed by atoms with van der Waals surface area (Å²) in [6.07, 6.45) is 1.52. The molecule has 1 unspecified atom stereocenters. The number of aliphatic imine (C=N–C) groups is 1. The molecule has 0 amide bonds. The van der Waals surface area contributed by atoms with Gasteiger partial charge in [-0.2, -0.15) is 0 Å². The smallest absolute Gasteiger partial charge is 0.202 e. The average Bonchev–Trinajstić information content (AvgIpc) is 2.54. The lowest BCUT2D eigenvalue weighted by molar-refractivity contribution is -0.103. The van der Waals surface area contributed by atoms with Gasteiger partial charge in [-0.1, -0.05) is 30.3 Å². The van der Waals surface area contributed by atoms with Gasteiger partial charge in [0.05, 0.1) is 0 Å². The Balaban J connectivity index is 2.18. The van der Waals surface area contributed by atoms with Crippen molar-refractivity contribution in [3.63, 3.8) is 0 Å². The van der Waals surface area contributed by atoms with E-state index in [0.29, 0.717) is 0 Å². The van der Waals surface area contributed by atoms with Gasteiger partial charge in [-0.25, -0.2) is 14.9 Å². The zero-order valence-corrected chi connectivity index (χ0v) is 6.84. The van der Waals surface area contributed by atoms with Crippen LogP contribution in [0, 0.1) is 0 Å². The van der Waals surface area contributed by atoms with Gasteiger partial charge in [-0.3, -0.25) is 0 Å². The van der Waals surface area contributed by atoms with E-state index in [9.17, 15) is 0 Å². The molecule has 1 aromatic rings. The highest BCUT2D eigenvalue weighted by molar-refractivity contribution is 5.55. The van der Waals surface area contributed by atoms with Crippen LogP contribution in [-0.2, 0) is 4.84 Å². The molecule has 1 aliphatic heterocycles. The monoisotopic (exact) mass is 162 g/mol. The summed E-state index contributed by atoms with van der Waals surface area (Å²) in [5, 5.41) is 1.61. The summed E-state index contributed by atoms with van der Waals surface area (Å²) < 4.78 is 0. The molecule has 3 nitrogen and oxygen atoms in total. The van der Waals surface area contributed by atoms with Crippen LogP contribution in [0.3, 0.4) is 0 Å². The fraction of sp³-hybridized carbons (Fsp3) is 0.222. The van der Waals surface area contributed by atoms with E-state index in [1.807, 2.05) is 37.4 Å². The zero-order chi connectivity index (χ0) is 8.39. The van der Waals surface area contributed by atoms with Crippen molar-refractivity contribution in [2.75, 3.05) is 7.05 Å². The van der Waals surface area contributed by atoms with E-state index in [2.05, 4.69) is 4.99 Å². The van der Waals surface area contributed by atoms with Crippen molar-refractivity contribution in [3.05, 3.63) is 35.9 Å². The number of hydroxylamine groups is 2. The van der Waals surface area contributed by atoms with Crippen molar-refractivity contribution in [1.82, 2.24) is 5.06 Å². The molecule has 3 heteroatoms. The lowest BCUT2D eigenvalue weighted by Gasteiger charge is -2.10. The van der Waals surface area contributed by atoms with Gasteiger partial charge in [0, 0.05) is 12.6 Å². The first kappa shape index (κ1) is 7.31. The number of hydrogen-bond donors (Lipinski definition) is 0. The summed E-state index contributed by atoms with van der Waals surface area (Å²) in [7, 11) is 1.83. The Labute approximate surface area is 71.2 Å². The molecule has 0 saturated heterocycles. The van der Waals surface area contributed by atoms with Gasteiger partial charge >= 0.3 is 0 Å². The van der Waals surface area contributed by atoms with Gasteiger partial charge in [-0.15, -0.1) is 0 Å². The largest absolute Gasteiger partial charge is 0.244 e. The molecule has 1 heterocycles. The summed E-state index contributed by atoms with van der Waals surface area (Å²) >= 11 is 0. The first-order valence-electron chi connectivity index (χ1n) is 3.84. The molecule has 0 aliphatic carbocycles. The minimum absolute atomic E-state index is 0.156. The Morgan fingerprint density at radius 3 is 2.67 bits per heavy atom. The van der Waals surface area contributed by atoms with Crippen LogP contribution >= 0.6 is 0 Å². The van der Waals surface area contributed by atoms with E-state index in [1.165, 1.54) is 0 Å². The van der Waals surface area contributed by atoms with Gasteiger partial charge in [-0.05, 0) is 0 Å². The van der Waals surface area contributed by atoms with Crippen LogP contribution in [0.4, 0.5) is 0 Å². The van der Waals surface area contributed by atoms with Crippen LogP contribution < -0.4 is 0 Å². The highest BCUT2D eigenvalue weighted by Gasteiger charge is 2.16. The van der Waals surface area contributed by atoms with Gasteiger partial charge in [0.2, 0.25) is 6.23 Å². The third-order valence-electron chi connectivity index (χ3n) is 1.72. The van der Waals surface area contributed by atoms with Crippen molar-refractivity contribution in [1.29, 1.82) is 0 Å². The predicted octanol–water partition coefficient (Wildman–Crippen LogP) is 1.59. The lowest BCUT2D eigenvalue weighted by Crippen LogP contribution is -2.11. The molecule has 1 aliphatic rings. The number of nitrogens with zero attached hydrogens (tertiary/aromatic N) is 2. The first-order valence-corrected chi connectivity index (χ1v) is 3.84. The molecule has 1 atom stereocenters. The maximum atomic E-state index is 5.36. The number of hydrogen-bond acceptors (Lipinski definition) is 3. The molecule has 0 spiro atoms. The van der Waals surface area contributed by atoms with Gasteiger partial charge in [0.1, 0.15) is 6.34 Å². The Kier molecular flexibility index (Phi) is 1.80. The standard InChI is InChI=1S/C9H10N2O/c1-11-7-10-9(12-11)8-5-3-2-4-6-8/h2-7,9H,1H3. The van der Waals surface area contributed by atoms with Crippen LogP contribution in [0.5, 0.6) is 0 Å². The van der Waals surface area contributed by atoms with Crippen molar-refractivity contribution in [2.45, 2.75) is 6.23 Å². The Hall–Kier alpha value is -1.35. The molecule has 0 radical (unpaired) electrons. The fourth-order valence-corrected chi connectivity index (χ4v) is 1.13. The lowest BCUT2D eigenvalue weighted by atomic mass is 10.2. The van der Waals surface area contributed by atoms with Crippen molar-refractivity contribution in [3.8, 4) is 0 Å². The molecule has 0 saturated carbocycles. The van der Waals surface area contributed by atoms with Crippen LogP contribution in [0.2, 0.25) is 0 Å².